The van der Waals surface area contributed by atoms with E-state index in [-0.39, 0.29) is 11.4 Å². The molecule has 0 atom stereocenters. The van der Waals surface area contributed by atoms with E-state index in [0.717, 1.165) is 11.1 Å². The second-order valence-corrected chi connectivity index (χ2v) is 7.00. The number of hydrogen-bond acceptors (Lipinski definition) is 5. The number of nitrogens with one attached hydrogen (secondary N) is 1. The number of benzene rings is 1. The van der Waals surface area contributed by atoms with E-state index in [1.165, 1.54) is 6.07 Å². The summed E-state index contributed by atoms with van der Waals surface area (Å²) in [6, 6.07) is 12.0. The van der Waals surface area contributed by atoms with Crippen LogP contribution in [0.2, 0.25) is 0 Å². The maximum Gasteiger partial charge on any atom is 0.244 e. The smallest absolute Gasteiger partial charge is 0.244 e. The Hall–Kier alpha value is -2.64. The van der Waals surface area contributed by atoms with Gasteiger partial charge < -0.3 is 9.15 Å². The van der Waals surface area contributed by atoms with Gasteiger partial charge in [-0.25, -0.2) is 13.1 Å². The molecule has 3 rings (SSSR count). The fraction of sp³-hybridized carbons (Fsp3) is 0.167. The number of nitrogens with zero attached hydrogens (tertiary/aromatic N) is 1. The minimum absolute atomic E-state index is 0.115. The number of furan rings is 1. The van der Waals surface area contributed by atoms with Gasteiger partial charge in [0.2, 0.25) is 10.0 Å². The summed E-state index contributed by atoms with van der Waals surface area (Å²) in [6.07, 6.45) is 4.86. The van der Waals surface area contributed by atoms with Gasteiger partial charge in [-0.3, -0.25) is 4.98 Å². The third kappa shape index (κ3) is 4.07. The molecule has 6 nitrogen and oxygen atoms in total. The van der Waals surface area contributed by atoms with Gasteiger partial charge in [-0.2, -0.15) is 0 Å². The minimum atomic E-state index is -3.70. The average molecular weight is 358 g/mol. The third-order valence-electron chi connectivity index (χ3n) is 3.51. The molecule has 0 amide bonds. The molecule has 0 aliphatic carbocycles. The molecule has 0 saturated carbocycles. The number of sulfonamides is 1. The van der Waals surface area contributed by atoms with Crippen molar-refractivity contribution in [3.8, 4) is 17.1 Å². The van der Waals surface area contributed by atoms with Crippen LogP contribution in [0.15, 0.2) is 70.4 Å². The summed E-state index contributed by atoms with van der Waals surface area (Å²) in [6.45, 7) is 2.31. The van der Waals surface area contributed by atoms with Crippen LogP contribution >= 0.6 is 0 Å². The van der Waals surface area contributed by atoms with Crippen LogP contribution in [0, 0.1) is 0 Å². The van der Waals surface area contributed by atoms with E-state index < -0.39 is 10.0 Å². The lowest BCUT2D eigenvalue weighted by atomic mass is 10.2. The van der Waals surface area contributed by atoms with E-state index >= 15 is 0 Å². The highest BCUT2D eigenvalue weighted by Gasteiger charge is 2.19. The maximum atomic E-state index is 12.6. The Balaban J connectivity index is 1.78. The zero-order valence-corrected chi connectivity index (χ0v) is 14.5. The SMILES string of the molecule is CCOc1ccccc1S(=O)(=O)NCc1cncc(-c2ccco2)c1. The van der Waals surface area contributed by atoms with Gasteiger partial charge in [0.15, 0.2) is 0 Å². The lowest BCUT2D eigenvalue weighted by Gasteiger charge is -2.11. The Labute approximate surface area is 146 Å². The summed E-state index contributed by atoms with van der Waals surface area (Å²) in [5.41, 5.74) is 1.52. The lowest BCUT2D eigenvalue weighted by Crippen LogP contribution is -2.24. The molecule has 0 aliphatic heterocycles. The topological polar surface area (TPSA) is 81.4 Å². The zero-order chi connectivity index (χ0) is 17.7. The first-order chi connectivity index (χ1) is 12.1. The quantitative estimate of drug-likeness (QED) is 0.701. The van der Waals surface area contributed by atoms with Crippen LogP contribution in [0.4, 0.5) is 0 Å². The van der Waals surface area contributed by atoms with Gasteiger partial charge in [-0.15, -0.1) is 0 Å². The Morgan fingerprint density at radius 2 is 2.00 bits per heavy atom. The van der Waals surface area contributed by atoms with Gasteiger partial charge >= 0.3 is 0 Å². The number of para-hydroxylation sites is 1. The second-order valence-electron chi connectivity index (χ2n) is 5.26. The van der Waals surface area contributed by atoms with Crippen molar-refractivity contribution in [1.82, 2.24) is 9.71 Å². The predicted octanol–water partition coefficient (Wildman–Crippen LogP) is 3.22. The molecular formula is C18H18N2O4S. The first kappa shape index (κ1) is 17.2. The van der Waals surface area contributed by atoms with Crippen molar-refractivity contribution < 1.29 is 17.6 Å². The van der Waals surface area contributed by atoms with Crippen molar-refractivity contribution in [3.63, 3.8) is 0 Å². The maximum absolute atomic E-state index is 12.6. The molecule has 2 heterocycles. The highest BCUT2D eigenvalue weighted by Crippen LogP contribution is 2.24. The van der Waals surface area contributed by atoms with Crippen molar-refractivity contribution in [2.24, 2.45) is 0 Å². The molecule has 0 radical (unpaired) electrons. The molecule has 0 bridgehead atoms. The second kappa shape index (κ2) is 7.50. The van der Waals surface area contributed by atoms with E-state index in [2.05, 4.69) is 9.71 Å². The Morgan fingerprint density at radius 1 is 1.16 bits per heavy atom. The first-order valence-electron chi connectivity index (χ1n) is 7.79. The molecule has 0 unspecified atom stereocenters. The summed E-state index contributed by atoms with van der Waals surface area (Å²) >= 11 is 0. The fourth-order valence-electron chi connectivity index (χ4n) is 2.36. The van der Waals surface area contributed by atoms with Gasteiger partial charge in [0, 0.05) is 24.5 Å². The molecular weight excluding hydrogens is 340 g/mol. The van der Waals surface area contributed by atoms with Crippen molar-refractivity contribution in [2.75, 3.05) is 6.61 Å². The van der Waals surface area contributed by atoms with Gasteiger partial charge in [0.25, 0.3) is 0 Å². The predicted molar refractivity (Wildman–Crippen MR) is 93.6 cm³/mol. The van der Waals surface area contributed by atoms with Crippen molar-refractivity contribution in [1.29, 1.82) is 0 Å². The lowest BCUT2D eigenvalue weighted by molar-refractivity contribution is 0.331. The van der Waals surface area contributed by atoms with Gasteiger partial charge in [0.05, 0.1) is 12.9 Å². The fourth-order valence-corrected chi connectivity index (χ4v) is 3.53. The molecule has 1 aromatic carbocycles. The van der Waals surface area contributed by atoms with Crippen LogP contribution in [-0.2, 0) is 16.6 Å². The minimum Gasteiger partial charge on any atom is -0.492 e. The van der Waals surface area contributed by atoms with Crippen molar-refractivity contribution >= 4 is 10.0 Å². The number of rotatable bonds is 7. The Bertz CT molecular complexity index is 937. The van der Waals surface area contributed by atoms with Crippen molar-refractivity contribution in [2.45, 2.75) is 18.4 Å². The molecule has 0 fully saturated rings. The highest BCUT2D eigenvalue weighted by molar-refractivity contribution is 7.89. The first-order valence-corrected chi connectivity index (χ1v) is 9.28. The molecule has 0 spiro atoms. The molecule has 0 saturated heterocycles. The van der Waals surface area contributed by atoms with E-state index in [1.54, 1.807) is 42.9 Å². The summed E-state index contributed by atoms with van der Waals surface area (Å²) in [7, 11) is -3.70. The Kier molecular flexibility index (Phi) is 5.16. The summed E-state index contributed by atoms with van der Waals surface area (Å²) < 4.78 is 38.5. The standard InChI is InChI=1S/C18H18N2O4S/c1-2-23-17-6-3-4-8-18(17)25(21,22)20-12-14-10-15(13-19-11-14)16-7-5-9-24-16/h3-11,13,20H,2,12H2,1H3. The molecule has 130 valence electrons. The van der Waals surface area contributed by atoms with Crippen LogP contribution < -0.4 is 9.46 Å². The van der Waals surface area contributed by atoms with E-state index in [4.69, 9.17) is 9.15 Å². The largest absolute Gasteiger partial charge is 0.492 e. The van der Waals surface area contributed by atoms with Crippen molar-refractivity contribution in [3.05, 3.63) is 66.7 Å². The number of ether oxygens (including phenoxy) is 1. The van der Waals surface area contributed by atoms with Crippen LogP contribution in [0.3, 0.4) is 0 Å². The van der Waals surface area contributed by atoms with Gasteiger partial charge in [0.1, 0.15) is 16.4 Å². The van der Waals surface area contributed by atoms with Gasteiger partial charge in [-0.05, 0) is 42.8 Å². The Morgan fingerprint density at radius 3 is 2.76 bits per heavy atom. The number of hydrogen-bond donors (Lipinski definition) is 1. The third-order valence-corrected chi connectivity index (χ3v) is 4.95. The van der Waals surface area contributed by atoms with Crippen LogP contribution in [0.5, 0.6) is 5.75 Å². The monoisotopic (exact) mass is 358 g/mol. The zero-order valence-electron chi connectivity index (χ0n) is 13.7. The average Bonchev–Trinajstić information content (AvgIpc) is 3.16. The van der Waals surface area contributed by atoms with E-state index in [1.807, 2.05) is 19.1 Å². The van der Waals surface area contributed by atoms with Crippen LogP contribution in [-0.4, -0.2) is 20.0 Å². The molecule has 7 heteroatoms. The summed E-state index contributed by atoms with van der Waals surface area (Å²) in [5, 5.41) is 0. The highest BCUT2D eigenvalue weighted by atomic mass is 32.2. The summed E-state index contributed by atoms with van der Waals surface area (Å²) in [4.78, 5) is 4.26. The van der Waals surface area contributed by atoms with E-state index in [9.17, 15) is 8.42 Å². The number of aromatic nitrogens is 1. The van der Waals surface area contributed by atoms with Gasteiger partial charge in [-0.1, -0.05) is 12.1 Å². The summed E-state index contributed by atoms with van der Waals surface area (Å²) in [5.74, 6) is 1.01. The normalized spacial score (nSPS) is 11.4. The molecule has 3 aromatic rings. The van der Waals surface area contributed by atoms with Crippen LogP contribution in [0.1, 0.15) is 12.5 Å². The van der Waals surface area contributed by atoms with E-state index in [0.29, 0.717) is 18.1 Å². The molecule has 1 N–H and O–H groups in total. The molecule has 2 aromatic heterocycles. The van der Waals surface area contributed by atoms with Crippen LogP contribution in [0.25, 0.3) is 11.3 Å². The molecule has 25 heavy (non-hydrogen) atoms. The number of pyridine rings is 1. The molecule has 0 aliphatic rings.